The van der Waals surface area contributed by atoms with Gasteiger partial charge in [-0.2, -0.15) is 0 Å². The summed E-state index contributed by atoms with van der Waals surface area (Å²) in [5, 5.41) is 4.87. The van der Waals surface area contributed by atoms with Gasteiger partial charge in [0.1, 0.15) is 0 Å². The van der Waals surface area contributed by atoms with Gasteiger partial charge in [-0.05, 0) is 18.8 Å². The van der Waals surface area contributed by atoms with Gasteiger partial charge in [0, 0.05) is 0 Å². The van der Waals surface area contributed by atoms with Crippen molar-refractivity contribution >= 4 is 10.0 Å². The Hall–Kier alpha value is -0.0900. The fourth-order valence-electron chi connectivity index (χ4n) is 2.33. The van der Waals surface area contributed by atoms with Crippen molar-refractivity contribution in [2.75, 3.05) is 0 Å². The quantitative estimate of drug-likeness (QED) is 0.786. The summed E-state index contributed by atoms with van der Waals surface area (Å²) in [6, 6.07) is 0. The third-order valence-corrected chi connectivity index (χ3v) is 4.70. The highest BCUT2D eigenvalue weighted by atomic mass is 32.2. The Morgan fingerprint density at radius 2 is 1.86 bits per heavy atom. The Labute approximate surface area is 87.1 Å². The number of rotatable bonds is 4. The topological polar surface area (TPSA) is 60.2 Å². The van der Waals surface area contributed by atoms with Gasteiger partial charge in [0.05, 0.1) is 5.25 Å². The molecule has 0 aromatic heterocycles. The average molecular weight is 219 g/mol. The number of primary sulfonamides is 1. The Morgan fingerprint density at radius 3 is 2.29 bits per heavy atom. The molecule has 1 fully saturated rings. The molecule has 1 rings (SSSR count). The molecule has 0 bridgehead atoms. The average Bonchev–Trinajstić information content (AvgIpc) is 2.14. The maximum Gasteiger partial charge on any atom is 0.211 e. The number of nitrogens with two attached hydrogens (primary N) is 1. The summed E-state index contributed by atoms with van der Waals surface area (Å²) in [5.41, 5.74) is 0. The minimum atomic E-state index is -3.31. The number of hydrogen-bond acceptors (Lipinski definition) is 2. The van der Waals surface area contributed by atoms with Crippen LogP contribution in [0.25, 0.3) is 0 Å². The van der Waals surface area contributed by atoms with Crippen molar-refractivity contribution in [3.05, 3.63) is 0 Å². The van der Waals surface area contributed by atoms with Crippen LogP contribution in [0.1, 0.15) is 51.9 Å². The van der Waals surface area contributed by atoms with Crippen LogP contribution in [0.5, 0.6) is 0 Å². The van der Waals surface area contributed by atoms with Crippen molar-refractivity contribution in [3.8, 4) is 0 Å². The highest BCUT2D eigenvalue weighted by Crippen LogP contribution is 2.29. The monoisotopic (exact) mass is 219 g/mol. The van der Waals surface area contributed by atoms with Gasteiger partial charge in [0.15, 0.2) is 0 Å². The van der Waals surface area contributed by atoms with E-state index in [2.05, 4.69) is 0 Å². The summed E-state index contributed by atoms with van der Waals surface area (Å²) >= 11 is 0. The number of hydrogen-bond donors (Lipinski definition) is 1. The lowest BCUT2D eigenvalue weighted by molar-refractivity contribution is 0.331. The van der Waals surface area contributed by atoms with Gasteiger partial charge in [-0.15, -0.1) is 0 Å². The second-order valence-corrected chi connectivity index (χ2v) is 6.20. The maximum absolute atomic E-state index is 11.2. The minimum Gasteiger partial charge on any atom is -0.228 e. The summed E-state index contributed by atoms with van der Waals surface area (Å²) < 4.78 is 22.4. The van der Waals surface area contributed by atoms with Crippen LogP contribution in [-0.4, -0.2) is 13.7 Å². The standard InChI is InChI=1S/C10H21NO2S/c1-2-10(14(11,12)13)8-9-6-4-3-5-7-9/h9-10H,2-8H2,1H3,(H2,11,12,13). The number of sulfonamides is 1. The van der Waals surface area contributed by atoms with E-state index in [1.54, 1.807) is 0 Å². The van der Waals surface area contributed by atoms with Gasteiger partial charge < -0.3 is 0 Å². The van der Waals surface area contributed by atoms with Crippen LogP contribution in [-0.2, 0) is 10.0 Å². The molecule has 1 atom stereocenters. The van der Waals surface area contributed by atoms with Crippen LogP contribution >= 0.6 is 0 Å². The van der Waals surface area contributed by atoms with Crippen molar-refractivity contribution in [2.45, 2.75) is 57.1 Å². The third-order valence-electron chi connectivity index (χ3n) is 3.24. The van der Waals surface area contributed by atoms with E-state index in [1.165, 1.54) is 32.1 Å². The zero-order valence-electron chi connectivity index (χ0n) is 8.91. The first kappa shape index (κ1) is 12.0. The van der Waals surface area contributed by atoms with E-state index in [-0.39, 0.29) is 5.25 Å². The smallest absolute Gasteiger partial charge is 0.211 e. The second kappa shape index (κ2) is 5.12. The van der Waals surface area contributed by atoms with Crippen LogP contribution < -0.4 is 5.14 Å². The van der Waals surface area contributed by atoms with Crippen molar-refractivity contribution in [3.63, 3.8) is 0 Å². The molecule has 1 aliphatic rings. The van der Waals surface area contributed by atoms with Gasteiger partial charge >= 0.3 is 0 Å². The zero-order chi connectivity index (χ0) is 10.6. The summed E-state index contributed by atoms with van der Waals surface area (Å²) in [6.45, 7) is 1.90. The lowest BCUT2D eigenvalue weighted by Gasteiger charge is -2.24. The molecule has 0 spiro atoms. The van der Waals surface area contributed by atoms with Gasteiger partial charge in [-0.3, -0.25) is 0 Å². The largest absolute Gasteiger partial charge is 0.228 e. The Kier molecular flexibility index (Phi) is 4.38. The SMILES string of the molecule is CCC(CC1CCCCC1)S(N)(=O)=O. The van der Waals surface area contributed by atoms with Crippen LogP contribution in [0.15, 0.2) is 0 Å². The fraction of sp³-hybridized carbons (Fsp3) is 1.00. The molecule has 0 amide bonds. The molecule has 0 aliphatic heterocycles. The molecule has 0 saturated heterocycles. The predicted molar refractivity (Wildman–Crippen MR) is 58.4 cm³/mol. The van der Waals surface area contributed by atoms with Crippen LogP contribution in [0.2, 0.25) is 0 Å². The van der Waals surface area contributed by atoms with E-state index >= 15 is 0 Å². The first-order chi connectivity index (χ1) is 6.54. The first-order valence-corrected chi connectivity index (χ1v) is 7.16. The molecule has 14 heavy (non-hydrogen) atoms. The normalized spacial score (nSPS) is 22.1. The molecule has 3 nitrogen and oxygen atoms in total. The molecule has 0 radical (unpaired) electrons. The Bertz CT molecular complexity index is 255. The molecule has 1 unspecified atom stereocenters. The maximum atomic E-state index is 11.2. The van der Waals surface area contributed by atoms with Crippen molar-refractivity contribution in [1.29, 1.82) is 0 Å². The highest BCUT2D eigenvalue weighted by molar-refractivity contribution is 7.89. The molecule has 1 aliphatic carbocycles. The predicted octanol–water partition coefficient (Wildman–Crippen LogP) is 2.02. The highest BCUT2D eigenvalue weighted by Gasteiger charge is 2.24. The second-order valence-electron chi connectivity index (χ2n) is 4.36. The van der Waals surface area contributed by atoms with Crippen molar-refractivity contribution in [1.82, 2.24) is 0 Å². The molecule has 4 heteroatoms. The molecule has 0 aromatic rings. The van der Waals surface area contributed by atoms with Crippen LogP contribution in [0, 0.1) is 5.92 Å². The molecular weight excluding hydrogens is 198 g/mol. The van der Waals surface area contributed by atoms with Gasteiger partial charge in [0.25, 0.3) is 0 Å². The lowest BCUT2D eigenvalue weighted by atomic mass is 9.86. The fourth-order valence-corrected chi connectivity index (χ4v) is 3.33. The molecule has 2 N–H and O–H groups in total. The summed E-state index contributed by atoms with van der Waals surface area (Å²) in [6.07, 6.45) is 7.61. The summed E-state index contributed by atoms with van der Waals surface area (Å²) in [5.74, 6) is 0.590. The van der Waals surface area contributed by atoms with Crippen LogP contribution in [0.3, 0.4) is 0 Å². The molecule has 84 valence electrons. The lowest BCUT2D eigenvalue weighted by Crippen LogP contribution is -2.30. The molecule has 1 saturated carbocycles. The molecule has 0 heterocycles. The van der Waals surface area contributed by atoms with E-state index in [4.69, 9.17) is 5.14 Å². The van der Waals surface area contributed by atoms with E-state index < -0.39 is 10.0 Å². The van der Waals surface area contributed by atoms with Crippen LogP contribution in [0.4, 0.5) is 0 Å². The van der Waals surface area contributed by atoms with E-state index in [1.807, 2.05) is 6.92 Å². The van der Waals surface area contributed by atoms with Crippen molar-refractivity contribution in [2.24, 2.45) is 11.1 Å². The Balaban J connectivity index is 2.47. The van der Waals surface area contributed by atoms with E-state index in [9.17, 15) is 8.42 Å². The van der Waals surface area contributed by atoms with Gasteiger partial charge in [-0.1, -0.05) is 39.0 Å². The van der Waals surface area contributed by atoms with Crippen molar-refractivity contribution < 1.29 is 8.42 Å². The third kappa shape index (κ3) is 3.58. The Morgan fingerprint density at radius 1 is 1.29 bits per heavy atom. The van der Waals surface area contributed by atoms with Gasteiger partial charge in [0.2, 0.25) is 10.0 Å². The summed E-state index contributed by atoms with van der Waals surface area (Å²) in [4.78, 5) is 0. The van der Waals surface area contributed by atoms with Gasteiger partial charge in [-0.25, -0.2) is 13.6 Å². The summed E-state index contributed by atoms with van der Waals surface area (Å²) in [7, 11) is -3.31. The first-order valence-electron chi connectivity index (χ1n) is 5.55. The molecular formula is C10H21NO2S. The van der Waals surface area contributed by atoms with E-state index in [0.717, 1.165) is 6.42 Å². The molecule has 0 aromatic carbocycles. The van der Waals surface area contributed by atoms with E-state index in [0.29, 0.717) is 12.3 Å². The minimum absolute atomic E-state index is 0.314. The zero-order valence-corrected chi connectivity index (χ0v) is 9.72.